The van der Waals surface area contributed by atoms with Gasteiger partial charge in [0.05, 0.1) is 12.0 Å². The van der Waals surface area contributed by atoms with Crippen LogP contribution in [-0.4, -0.2) is 31.1 Å². The molecule has 0 aliphatic heterocycles. The second-order valence-corrected chi connectivity index (χ2v) is 6.20. The Kier molecular flexibility index (Phi) is 6.70. The zero-order chi connectivity index (χ0) is 15.0. The van der Waals surface area contributed by atoms with Crippen molar-refractivity contribution in [3.05, 3.63) is 35.9 Å². The number of nitriles is 1. The molecule has 0 saturated carbocycles. The SMILES string of the molecule is CCCN(CC(C#N)c1ccccc1)CC(C)(C)CN. The summed E-state index contributed by atoms with van der Waals surface area (Å²) in [5, 5.41) is 9.45. The maximum absolute atomic E-state index is 9.45. The van der Waals surface area contributed by atoms with Gasteiger partial charge in [-0.3, -0.25) is 0 Å². The van der Waals surface area contributed by atoms with E-state index in [1.807, 2.05) is 30.3 Å². The minimum absolute atomic E-state index is 0.0728. The quantitative estimate of drug-likeness (QED) is 0.792. The molecule has 0 heterocycles. The van der Waals surface area contributed by atoms with E-state index in [4.69, 9.17) is 5.73 Å². The molecule has 0 radical (unpaired) electrons. The number of nitrogens with zero attached hydrogens (tertiary/aromatic N) is 2. The van der Waals surface area contributed by atoms with E-state index in [0.29, 0.717) is 6.54 Å². The van der Waals surface area contributed by atoms with Gasteiger partial charge in [-0.05, 0) is 30.5 Å². The highest BCUT2D eigenvalue weighted by Crippen LogP contribution is 2.20. The van der Waals surface area contributed by atoms with Crippen molar-refractivity contribution in [2.45, 2.75) is 33.1 Å². The van der Waals surface area contributed by atoms with Crippen molar-refractivity contribution >= 4 is 0 Å². The third kappa shape index (κ3) is 5.32. The lowest BCUT2D eigenvalue weighted by atomic mass is 9.92. The largest absolute Gasteiger partial charge is 0.330 e. The minimum Gasteiger partial charge on any atom is -0.330 e. The highest BCUT2D eigenvalue weighted by molar-refractivity contribution is 5.25. The molecule has 20 heavy (non-hydrogen) atoms. The highest BCUT2D eigenvalue weighted by Gasteiger charge is 2.22. The Balaban J connectivity index is 2.76. The van der Waals surface area contributed by atoms with Crippen LogP contribution in [0.25, 0.3) is 0 Å². The minimum atomic E-state index is -0.0728. The Morgan fingerprint density at radius 1 is 1.30 bits per heavy atom. The summed E-state index contributed by atoms with van der Waals surface area (Å²) in [6.07, 6.45) is 1.09. The van der Waals surface area contributed by atoms with Gasteiger partial charge in [-0.2, -0.15) is 5.26 Å². The fourth-order valence-electron chi connectivity index (χ4n) is 2.39. The Morgan fingerprint density at radius 2 is 1.95 bits per heavy atom. The molecule has 3 nitrogen and oxygen atoms in total. The predicted octanol–water partition coefficient (Wildman–Crippen LogP) is 2.99. The van der Waals surface area contributed by atoms with Gasteiger partial charge in [0.25, 0.3) is 0 Å². The fraction of sp³-hybridized carbons (Fsp3) is 0.588. The maximum atomic E-state index is 9.45. The van der Waals surface area contributed by atoms with E-state index in [2.05, 4.69) is 31.7 Å². The molecule has 0 saturated heterocycles. The number of nitrogens with two attached hydrogens (primary N) is 1. The summed E-state index contributed by atoms with van der Waals surface area (Å²) < 4.78 is 0. The Labute approximate surface area is 123 Å². The summed E-state index contributed by atoms with van der Waals surface area (Å²) in [4.78, 5) is 2.37. The van der Waals surface area contributed by atoms with E-state index in [-0.39, 0.29) is 11.3 Å². The third-order valence-corrected chi connectivity index (χ3v) is 3.54. The molecule has 110 valence electrons. The van der Waals surface area contributed by atoms with Gasteiger partial charge in [0.2, 0.25) is 0 Å². The third-order valence-electron chi connectivity index (χ3n) is 3.54. The van der Waals surface area contributed by atoms with Crippen LogP contribution in [0.15, 0.2) is 30.3 Å². The van der Waals surface area contributed by atoms with E-state index in [0.717, 1.165) is 31.6 Å². The molecular weight excluding hydrogens is 246 g/mol. The van der Waals surface area contributed by atoms with Crippen LogP contribution < -0.4 is 5.73 Å². The average Bonchev–Trinajstić information content (AvgIpc) is 2.45. The molecule has 0 fully saturated rings. The number of benzene rings is 1. The molecule has 1 unspecified atom stereocenters. The average molecular weight is 273 g/mol. The number of hydrogen-bond acceptors (Lipinski definition) is 3. The van der Waals surface area contributed by atoms with Crippen molar-refractivity contribution in [3.63, 3.8) is 0 Å². The molecule has 0 spiro atoms. The number of rotatable bonds is 8. The second-order valence-electron chi connectivity index (χ2n) is 6.20. The zero-order valence-electron chi connectivity index (χ0n) is 13.0. The van der Waals surface area contributed by atoms with Crippen LogP contribution in [0.4, 0.5) is 0 Å². The van der Waals surface area contributed by atoms with Crippen LogP contribution >= 0.6 is 0 Å². The summed E-state index contributed by atoms with van der Waals surface area (Å²) >= 11 is 0. The standard InChI is InChI=1S/C17H27N3/c1-4-10-20(14-17(2,3)13-19)12-16(11-18)15-8-6-5-7-9-15/h5-9,16H,4,10,12-14,19H2,1-3H3. The normalized spacial score (nSPS) is 13.2. The van der Waals surface area contributed by atoms with Gasteiger partial charge in [-0.1, -0.05) is 51.1 Å². The van der Waals surface area contributed by atoms with Gasteiger partial charge in [-0.15, -0.1) is 0 Å². The summed E-state index contributed by atoms with van der Waals surface area (Å²) in [6, 6.07) is 12.5. The summed E-state index contributed by atoms with van der Waals surface area (Å²) in [5.74, 6) is -0.0728. The first-order valence-corrected chi connectivity index (χ1v) is 7.39. The first-order valence-electron chi connectivity index (χ1n) is 7.39. The zero-order valence-corrected chi connectivity index (χ0v) is 13.0. The molecule has 0 aliphatic rings. The van der Waals surface area contributed by atoms with Crippen LogP contribution in [-0.2, 0) is 0 Å². The second kappa shape index (κ2) is 8.04. The van der Waals surface area contributed by atoms with Crippen molar-refractivity contribution in [2.75, 3.05) is 26.2 Å². The molecule has 0 bridgehead atoms. The highest BCUT2D eigenvalue weighted by atomic mass is 15.1. The monoisotopic (exact) mass is 273 g/mol. The Hall–Kier alpha value is -1.37. The van der Waals surface area contributed by atoms with E-state index in [1.165, 1.54) is 0 Å². The van der Waals surface area contributed by atoms with Crippen LogP contribution in [0, 0.1) is 16.7 Å². The van der Waals surface area contributed by atoms with Crippen LogP contribution in [0.3, 0.4) is 0 Å². The molecule has 0 aliphatic carbocycles. The first kappa shape index (κ1) is 16.7. The van der Waals surface area contributed by atoms with E-state index >= 15 is 0 Å². The molecule has 1 aromatic rings. The van der Waals surface area contributed by atoms with Gasteiger partial charge < -0.3 is 10.6 Å². The molecule has 1 atom stereocenters. The molecule has 1 rings (SSSR count). The first-order chi connectivity index (χ1) is 9.52. The Bertz CT molecular complexity index is 420. The van der Waals surface area contributed by atoms with Crippen LogP contribution in [0.1, 0.15) is 38.7 Å². The molecule has 0 amide bonds. The summed E-state index contributed by atoms with van der Waals surface area (Å²) in [5.41, 5.74) is 7.02. The van der Waals surface area contributed by atoms with Gasteiger partial charge in [0, 0.05) is 13.1 Å². The lowest BCUT2D eigenvalue weighted by Gasteiger charge is -2.32. The molecular formula is C17H27N3. The maximum Gasteiger partial charge on any atom is 0.0839 e. The van der Waals surface area contributed by atoms with E-state index < -0.39 is 0 Å². The molecule has 0 aromatic heterocycles. The summed E-state index contributed by atoms with van der Waals surface area (Å²) in [7, 11) is 0. The smallest absolute Gasteiger partial charge is 0.0839 e. The van der Waals surface area contributed by atoms with Crippen molar-refractivity contribution in [3.8, 4) is 6.07 Å². The van der Waals surface area contributed by atoms with Crippen molar-refractivity contribution in [2.24, 2.45) is 11.1 Å². The number of hydrogen-bond donors (Lipinski definition) is 1. The lowest BCUT2D eigenvalue weighted by molar-refractivity contribution is 0.180. The van der Waals surface area contributed by atoms with Gasteiger partial charge in [0.15, 0.2) is 0 Å². The van der Waals surface area contributed by atoms with Gasteiger partial charge in [-0.25, -0.2) is 0 Å². The lowest BCUT2D eigenvalue weighted by Crippen LogP contribution is -2.40. The van der Waals surface area contributed by atoms with Crippen molar-refractivity contribution in [1.82, 2.24) is 4.90 Å². The van der Waals surface area contributed by atoms with Crippen LogP contribution in [0.2, 0.25) is 0 Å². The molecule has 3 heteroatoms. The summed E-state index contributed by atoms with van der Waals surface area (Å²) in [6.45, 7) is 9.91. The molecule has 2 N–H and O–H groups in total. The predicted molar refractivity (Wildman–Crippen MR) is 84.4 cm³/mol. The van der Waals surface area contributed by atoms with Crippen molar-refractivity contribution in [1.29, 1.82) is 5.26 Å². The van der Waals surface area contributed by atoms with Gasteiger partial charge in [0.1, 0.15) is 0 Å². The van der Waals surface area contributed by atoms with E-state index in [9.17, 15) is 5.26 Å². The molecule has 1 aromatic carbocycles. The van der Waals surface area contributed by atoms with E-state index in [1.54, 1.807) is 0 Å². The fourth-order valence-corrected chi connectivity index (χ4v) is 2.39. The Morgan fingerprint density at radius 3 is 2.45 bits per heavy atom. The van der Waals surface area contributed by atoms with Crippen LogP contribution in [0.5, 0.6) is 0 Å². The van der Waals surface area contributed by atoms with Crippen molar-refractivity contribution < 1.29 is 0 Å². The topological polar surface area (TPSA) is 53.0 Å². The van der Waals surface area contributed by atoms with Gasteiger partial charge >= 0.3 is 0 Å².